The van der Waals surface area contributed by atoms with Crippen LogP contribution in [0.5, 0.6) is 0 Å². The van der Waals surface area contributed by atoms with Crippen molar-refractivity contribution in [1.29, 1.82) is 0 Å². The fourth-order valence-corrected chi connectivity index (χ4v) is 4.27. The second-order valence-electron chi connectivity index (χ2n) is 11.5. The average molecular weight is 477 g/mol. The molecule has 6 nitrogen and oxygen atoms in total. The van der Waals surface area contributed by atoms with Crippen LogP contribution in [-0.4, -0.2) is 73.8 Å². The van der Waals surface area contributed by atoms with Crippen molar-refractivity contribution in [3.05, 3.63) is 0 Å². The zero-order chi connectivity index (χ0) is 25.8. The van der Waals surface area contributed by atoms with Crippen LogP contribution in [-0.2, 0) is 28.4 Å². The van der Waals surface area contributed by atoms with Crippen LogP contribution in [0.25, 0.3) is 0 Å². The average Bonchev–Trinajstić information content (AvgIpc) is 2.55. The van der Waals surface area contributed by atoms with Gasteiger partial charge in [0.2, 0.25) is 0 Å². The maximum Gasteiger partial charge on any atom is 0.105 e. The summed E-state index contributed by atoms with van der Waals surface area (Å²) in [5.74, 6) is 0. The first-order valence-electron chi connectivity index (χ1n) is 12.9. The van der Waals surface area contributed by atoms with Gasteiger partial charge in [-0.05, 0) is 90.0 Å². The lowest BCUT2D eigenvalue weighted by atomic mass is 10.0. The molecule has 0 aliphatic rings. The van der Waals surface area contributed by atoms with E-state index in [9.17, 15) is 0 Å². The van der Waals surface area contributed by atoms with E-state index >= 15 is 0 Å². The minimum Gasteiger partial charge on any atom is -0.376 e. The van der Waals surface area contributed by atoms with Crippen molar-refractivity contribution in [1.82, 2.24) is 0 Å². The molecule has 0 heterocycles. The highest BCUT2D eigenvalue weighted by molar-refractivity contribution is 4.78. The van der Waals surface area contributed by atoms with Crippen LogP contribution in [0.1, 0.15) is 103 Å². The molecule has 0 radical (unpaired) electrons. The Morgan fingerprint density at radius 3 is 1.39 bits per heavy atom. The van der Waals surface area contributed by atoms with Crippen LogP contribution in [0.2, 0.25) is 0 Å². The van der Waals surface area contributed by atoms with Gasteiger partial charge in [0.25, 0.3) is 0 Å². The summed E-state index contributed by atoms with van der Waals surface area (Å²) in [4.78, 5) is 0. The Balaban J connectivity index is 5.01. The zero-order valence-electron chi connectivity index (χ0n) is 24.0. The van der Waals surface area contributed by atoms with E-state index in [-0.39, 0.29) is 53.9 Å². The summed E-state index contributed by atoms with van der Waals surface area (Å²) < 4.78 is 36.5. The van der Waals surface area contributed by atoms with Crippen molar-refractivity contribution in [3.63, 3.8) is 0 Å². The molecule has 0 aromatic heterocycles. The molecule has 4 atom stereocenters. The Kier molecular flexibility index (Phi) is 15.6. The molecule has 6 heteroatoms. The van der Waals surface area contributed by atoms with Gasteiger partial charge in [-0.3, -0.25) is 0 Å². The second kappa shape index (κ2) is 15.7. The van der Waals surface area contributed by atoms with Gasteiger partial charge in [0, 0.05) is 12.8 Å². The van der Waals surface area contributed by atoms with Gasteiger partial charge in [0.15, 0.2) is 0 Å². The third-order valence-electron chi connectivity index (χ3n) is 4.87. The molecule has 0 fully saturated rings. The Bertz CT molecular complexity index is 489. The number of rotatable bonds is 19. The molecule has 0 saturated carbocycles. The maximum absolute atomic E-state index is 6.52. The third-order valence-corrected chi connectivity index (χ3v) is 4.87. The molecule has 200 valence electrons. The smallest absolute Gasteiger partial charge is 0.105 e. The van der Waals surface area contributed by atoms with Crippen LogP contribution < -0.4 is 0 Å². The third kappa shape index (κ3) is 18.7. The molecule has 0 aliphatic carbocycles. The van der Waals surface area contributed by atoms with Gasteiger partial charge in [-0.15, -0.1) is 0 Å². The van der Waals surface area contributed by atoms with E-state index in [1.165, 1.54) is 0 Å². The van der Waals surface area contributed by atoms with Gasteiger partial charge in [0.1, 0.15) is 6.10 Å². The Morgan fingerprint density at radius 2 is 0.939 bits per heavy atom. The summed E-state index contributed by atoms with van der Waals surface area (Å²) in [6, 6.07) is 0. The highest BCUT2D eigenvalue weighted by Crippen LogP contribution is 2.24. The van der Waals surface area contributed by atoms with Gasteiger partial charge in [-0.25, -0.2) is 0 Å². The largest absolute Gasteiger partial charge is 0.376 e. The van der Waals surface area contributed by atoms with Crippen LogP contribution in [0.15, 0.2) is 0 Å². The second-order valence-corrected chi connectivity index (χ2v) is 11.5. The van der Waals surface area contributed by atoms with Crippen molar-refractivity contribution in [3.8, 4) is 0 Å². The van der Waals surface area contributed by atoms with Gasteiger partial charge < -0.3 is 28.4 Å². The lowest BCUT2D eigenvalue weighted by molar-refractivity contribution is -0.170. The molecule has 0 N–H and O–H groups in total. The van der Waals surface area contributed by atoms with E-state index in [0.717, 1.165) is 12.8 Å². The number of hydrogen-bond acceptors (Lipinski definition) is 6. The van der Waals surface area contributed by atoms with Gasteiger partial charge in [-0.2, -0.15) is 0 Å². The van der Waals surface area contributed by atoms with E-state index in [1.54, 1.807) is 0 Å². The molecule has 0 rings (SSSR count). The summed E-state index contributed by atoms with van der Waals surface area (Å²) in [5.41, 5.74) is -0.702. The van der Waals surface area contributed by atoms with Crippen LogP contribution in [0.4, 0.5) is 0 Å². The molecular formula is C27H56O6. The Labute approximate surface area is 205 Å². The molecule has 0 saturated heterocycles. The van der Waals surface area contributed by atoms with E-state index < -0.39 is 0 Å². The standard InChI is InChI=1S/C27H56O6/c1-19(2)30-22(7)14-26(10,11)29-18-25(17-28-16-24(9)32-21(5)6)33-27(12,13)15-23(8)31-20(3)4/h19-25H,14-18H2,1-13H3. The molecule has 0 aromatic rings. The number of hydrogen-bond donors (Lipinski definition) is 0. The summed E-state index contributed by atoms with van der Waals surface area (Å²) in [7, 11) is 0. The lowest BCUT2D eigenvalue weighted by Gasteiger charge is -2.36. The maximum atomic E-state index is 6.52. The quantitative estimate of drug-likeness (QED) is 0.222. The Morgan fingerprint density at radius 1 is 0.515 bits per heavy atom. The molecule has 0 aliphatic heterocycles. The van der Waals surface area contributed by atoms with Crippen molar-refractivity contribution >= 4 is 0 Å². The highest BCUT2D eigenvalue weighted by Gasteiger charge is 2.30. The zero-order valence-corrected chi connectivity index (χ0v) is 24.0. The molecule has 0 aromatic carbocycles. The highest BCUT2D eigenvalue weighted by atomic mass is 16.6. The van der Waals surface area contributed by atoms with Crippen molar-refractivity contribution in [2.75, 3.05) is 19.8 Å². The molecule has 0 amide bonds. The minimum atomic E-state index is -0.371. The van der Waals surface area contributed by atoms with Crippen LogP contribution in [0.3, 0.4) is 0 Å². The van der Waals surface area contributed by atoms with Crippen molar-refractivity contribution in [2.24, 2.45) is 0 Å². The molecule has 33 heavy (non-hydrogen) atoms. The topological polar surface area (TPSA) is 55.4 Å². The first kappa shape index (κ1) is 32.8. The molecule has 0 spiro atoms. The summed E-state index contributed by atoms with van der Waals surface area (Å²) in [6.07, 6.45) is 2.22. The van der Waals surface area contributed by atoms with E-state index in [4.69, 9.17) is 28.4 Å². The van der Waals surface area contributed by atoms with E-state index in [2.05, 4.69) is 69.2 Å². The van der Waals surface area contributed by atoms with Gasteiger partial charge >= 0.3 is 0 Å². The van der Waals surface area contributed by atoms with Gasteiger partial charge in [-0.1, -0.05) is 0 Å². The summed E-state index contributed by atoms with van der Waals surface area (Å²) in [6.45, 7) is 28.3. The van der Waals surface area contributed by atoms with Crippen molar-refractivity contribution < 1.29 is 28.4 Å². The first-order valence-corrected chi connectivity index (χ1v) is 12.9. The summed E-state index contributed by atoms with van der Waals surface area (Å²) >= 11 is 0. The number of ether oxygens (including phenoxy) is 6. The van der Waals surface area contributed by atoms with Crippen molar-refractivity contribution in [2.45, 2.75) is 157 Å². The fraction of sp³-hybridized carbons (Fsp3) is 1.00. The molecular weight excluding hydrogens is 420 g/mol. The predicted molar refractivity (Wildman–Crippen MR) is 136 cm³/mol. The van der Waals surface area contributed by atoms with E-state index in [1.807, 2.05) is 20.8 Å². The SMILES string of the molecule is CC(C)OC(C)COCC(COC(C)(C)CC(C)OC(C)C)OC(C)(C)CC(C)OC(C)C. The summed E-state index contributed by atoms with van der Waals surface area (Å²) in [5, 5.41) is 0. The molecule has 4 unspecified atom stereocenters. The predicted octanol–water partition coefficient (Wildman–Crippen LogP) is 6.18. The monoisotopic (exact) mass is 476 g/mol. The van der Waals surface area contributed by atoms with Crippen LogP contribution in [0, 0.1) is 0 Å². The first-order chi connectivity index (χ1) is 15.0. The lowest BCUT2D eigenvalue weighted by Crippen LogP contribution is -2.41. The van der Waals surface area contributed by atoms with Crippen LogP contribution >= 0.6 is 0 Å². The molecule has 0 bridgehead atoms. The Hall–Kier alpha value is -0.240. The normalized spacial score (nSPS) is 17.1. The fourth-order valence-electron chi connectivity index (χ4n) is 4.27. The van der Waals surface area contributed by atoms with E-state index in [0.29, 0.717) is 19.8 Å². The van der Waals surface area contributed by atoms with Gasteiger partial charge in [0.05, 0.1) is 67.6 Å². The minimum absolute atomic E-state index is 0.0320.